The van der Waals surface area contributed by atoms with Gasteiger partial charge in [0.25, 0.3) is 0 Å². The standard InChI is InChI=1S/C11H11N3O3/c1-6-13-8-4-3-7(5-9(8)17-6)14(2)11(16)10(12)15/h3-5H,1-2H3,(H2,12,15). The molecular formula is C11H11N3O3. The molecule has 6 nitrogen and oxygen atoms in total. The minimum atomic E-state index is -0.999. The number of hydrogen-bond donors (Lipinski definition) is 1. The third-order valence-electron chi connectivity index (χ3n) is 2.38. The van der Waals surface area contributed by atoms with E-state index in [9.17, 15) is 9.59 Å². The van der Waals surface area contributed by atoms with E-state index in [4.69, 9.17) is 10.2 Å². The fraction of sp³-hybridized carbons (Fsp3) is 0.182. The predicted molar refractivity (Wildman–Crippen MR) is 61.4 cm³/mol. The first-order chi connectivity index (χ1) is 7.99. The Balaban J connectivity index is 2.42. The van der Waals surface area contributed by atoms with Crippen molar-refractivity contribution in [1.82, 2.24) is 4.98 Å². The van der Waals surface area contributed by atoms with E-state index in [-0.39, 0.29) is 0 Å². The number of benzene rings is 1. The number of carbonyl (C=O) groups is 2. The Kier molecular flexibility index (Phi) is 2.55. The summed E-state index contributed by atoms with van der Waals surface area (Å²) in [6.45, 7) is 1.73. The van der Waals surface area contributed by atoms with Crippen molar-refractivity contribution in [2.75, 3.05) is 11.9 Å². The topological polar surface area (TPSA) is 89.4 Å². The third kappa shape index (κ3) is 1.96. The van der Waals surface area contributed by atoms with Crippen LogP contribution in [0.1, 0.15) is 5.89 Å². The number of primary amides is 1. The highest BCUT2D eigenvalue weighted by atomic mass is 16.3. The van der Waals surface area contributed by atoms with Crippen molar-refractivity contribution in [3.05, 3.63) is 24.1 Å². The van der Waals surface area contributed by atoms with Crippen LogP contribution >= 0.6 is 0 Å². The number of hydrogen-bond acceptors (Lipinski definition) is 4. The maximum Gasteiger partial charge on any atom is 0.315 e. The van der Waals surface area contributed by atoms with Crippen LogP contribution in [0.25, 0.3) is 11.1 Å². The van der Waals surface area contributed by atoms with Gasteiger partial charge in [0.15, 0.2) is 11.5 Å². The molecule has 88 valence electrons. The molecule has 2 rings (SSSR count). The van der Waals surface area contributed by atoms with Crippen LogP contribution in [0.15, 0.2) is 22.6 Å². The van der Waals surface area contributed by atoms with Gasteiger partial charge in [-0.25, -0.2) is 4.98 Å². The van der Waals surface area contributed by atoms with E-state index in [1.54, 1.807) is 25.1 Å². The van der Waals surface area contributed by atoms with E-state index in [1.165, 1.54) is 11.9 Å². The van der Waals surface area contributed by atoms with Crippen LogP contribution in [-0.4, -0.2) is 23.8 Å². The van der Waals surface area contributed by atoms with E-state index in [0.29, 0.717) is 22.7 Å². The lowest BCUT2D eigenvalue weighted by Gasteiger charge is -2.14. The number of aryl methyl sites for hydroxylation is 1. The minimum absolute atomic E-state index is 0.525. The first-order valence-corrected chi connectivity index (χ1v) is 4.93. The molecule has 0 saturated heterocycles. The smallest absolute Gasteiger partial charge is 0.315 e. The molecule has 17 heavy (non-hydrogen) atoms. The van der Waals surface area contributed by atoms with Crippen LogP contribution in [-0.2, 0) is 9.59 Å². The van der Waals surface area contributed by atoms with Crippen LogP contribution in [0.5, 0.6) is 0 Å². The van der Waals surface area contributed by atoms with E-state index < -0.39 is 11.8 Å². The van der Waals surface area contributed by atoms with Gasteiger partial charge in [0.2, 0.25) is 0 Å². The maximum atomic E-state index is 11.4. The molecule has 1 aromatic heterocycles. The van der Waals surface area contributed by atoms with Crippen LogP contribution in [0.2, 0.25) is 0 Å². The summed E-state index contributed by atoms with van der Waals surface area (Å²) in [5.74, 6) is -1.23. The van der Waals surface area contributed by atoms with Gasteiger partial charge < -0.3 is 15.1 Å². The van der Waals surface area contributed by atoms with Crippen molar-refractivity contribution in [1.29, 1.82) is 0 Å². The molecule has 0 aliphatic carbocycles. The van der Waals surface area contributed by atoms with Gasteiger partial charge >= 0.3 is 11.8 Å². The molecule has 0 spiro atoms. The molecule has 0 atom stereocenters. The number of anilines is 1. The molecule has 0 saturated carbocycles. The largest absolute Gasteiger partial charge is 0.441 e. The second kappa shape index (κ2) is 3.89. The number of oxazole rings is 1. The van der Waals surface area contributed by atoms with Crippen molar-refractivity contribution >= 4 is 28.6 Å². The van der Waals surface area contributed by atoms with Crippen LogP contribution in [0.4, 0.5) is 5.69 Å². The van der Waals surface area contributed by atoms with E-state index >= 15 is 0 Å². The number of fused-ring (bicyclic) bond motifs is 1. The highest BCUT2D eigenvalue weighted by molar-refractivity contribution is 6.39. The summed E-state index contributed by atoms with van der Waals surface area (Å²) in [6, 6.07) is 5.02. The molecule has 0 radical (unpaired) electrons. The SMILES string of the molecule is Cc1nc2ccc(N(C)C(=O)C(N)=O)cc2o1. The monoisotopic (exact) mass is 233 g/mol. The predicted octanol–water partition coefficient (Wildman–Crippen LogP) is 0.584. The van der Waals surface area contributed by atoms with Crippen LogP contribution in [0.3, 0.4) is 0 Å². The van der Waals surface area contributed by atoms with Crippen molar-refractivity contribution in [2.45, 2.75) is 6.92 Å². The summed E-state index contributed by atoms with van der Waals surface area (Å²) in [7, 11) is 1.47. The van der Waals surface area contributed by atoms with Gasteiger partial charge in [-0.2, -0.15) is 0 Å². The number of amides is 2. The maximum absolute atomic E-state index is 11.4. The van der Waals surface area contributed by atoms with Crippen molar-refractivity contribution < 1.29 is 14.0 Å². The quantitative estimate of drug-likeness (QED) is 0.730. The molecule has 0 aliphatic heterocycles. The van der Waals surface area contributed by atoms with Crippen molar-refractivity contribution in [3.8, 4) is 0 Å². The summed E-state index contributed by atoms with van der Waals surface area (Å²) in [5.41, 5.74) is 6.71. The summed E-state index contributed by atoms with van der Waals surface area (Å²) in [4.78, 5) is 27.5. The van der Waals surface area contributed by atoms with E-state index in [2.05, 4.69) is 4.98 Å². The van der Waals surface area contributed by atoms with Gasteiger partial charge in [-0.15, -0.1) is 0 Å². The zero-order valence-electron chi connectivity index (χ0n) is 9.43. The number of carbonyl (C=O) groups excluding carboxylic acids is 2. The number of rotatable bonds is 1. The van der Waals surface area contributed by atoms with Crippen LogP contribution < -0.4 is 10.6 Å². The first-order valence-electron chi connectivity index (χ1n) is 4.93. The molecule has 0 aliphatic rings. The summed E-state index contributed by atoms with van der Waals surface area (Å²) < 4.78 is 5.33. The Morgan fingerprint density at radius 3 is 2.76 bits per heavy atom. The van der Waals surface area contributed by atoms with Gasteiger partial charge in [-0.3, -0.25) is 9.59 Å². The van der Waals surface area contributed by atoms with Gasteiger partial charge in [-0.05, 0) is 12.1 Å². The Morgan fingerprint density at radius 1 is 1.41 bits per heavy atom. The lowest BCUT2D eigenvalue weighted by atomic mass is 10.2. The zero-order chi connectivity index (χ0) is 12.6. The van der Waals surface area contributed by atoms with Gasteiger partial charge in [0.1, 0.15) is 5.52 Å². The summed E-state index contributed by atoms with van der Waals surface area (Å²) in [5, 5.41) is 0. The van der Waals surface area contributed by atoms with Crippen molar-refractivity contribution in [3.63, 3.8) is 0 Å². The Bertz CT molecular complexity index is 603. The van der Waals surface area contributed by atoms with Gasteiger partial charge in [-0.1, -0.05) is 0 Å². The Hall–Kier alpha value is -2.37. The molecule has 1 aromatic carbocycles. The highest BCUT2D eigenvalue weighted by Gasteiger charge is 2.17. The zero-order valence-corrected chi connectivity index (χ0v) is 9.43. The van der Waals surface area contributed by atoms with Gasteiger partial charge in [0.05, 0.1) is 0 Å². The number of aromatic nitrogens is 1. The van der Waals surface area contributed by atoms with E-state index in [1.807, 2.05) is 0 Å². The molecule has 6 heteroatoms. The summed E-state index contributed by atoms with van der Waals surface area (Å²) in [6.07, 6.45) is 0. The lowest BCUT2D eigenvalue weighted by molar-refractivity contribution is -0.135. The molecule has 1 heterocycles. The fourth-order valence-electron chi connectivity index (χ4n) is 1.52. The molecule has 2 aromatic rings. The normalized spacial score (nSPS) is 10.5. The number of nitrogens with zero attached hydrogens (tertiary/aromatic N) is 2. The summed E-state index contributed by atoms with van der Waals surface area (Å²) >= 11 is 0. The Morgan fingerprint density at radius 2 is 2.12 bits per heavy atom. The molecule has 0 fully saturated rings. The molecule has 0 bridgehead atoms. The average Bonchev–Trinajstić information content (AvgIpc) is 2.65. The number of likely N-dealkylation sites (N-methyl/N-ethyl adjacent to an activating group) is 1. The molecule has 0 unspecified atom stereocenters. The minimum Gasteiger partial charge on any atom is -0.441 e. The fourth-order valence-corrected chi connectivity index (χ4v) is 1.52. The number of nitrogens with two attached hydrogens (primary N) is 1. The molecular weight excluding hydrogens is 222 g/mol. The van der Waals surface area contributed by atoms with Crippen molar-refractivity contribution in [2.24, 2.45) is 5.73 Å². The van der Waals surface area contributed by atoms with E-state index in [0.717, 1.165) is 0 Å². The van der Waals surface area contributed by atoms with Gasteiger partial charge in [0, 0.05) is 25.7 Å². The average molecular weight is 233 g/mol. The highest BCUT2D eigenvalue weighted by Crippen LogP contribution is 2.22. The first kappa shape index (κ1) is 11.1. The third-order valence-corrected chi connectivity index (χ3v) is 2.38. The second-order valence-electron chi connectivity index (χ2n) is 3.61. The molecule has 2 amide bonds. The molecule has 2 N–H and O–H groups in total. The van der Waals surface area contributed by atoms with Crippen LogP contribution in [0, 0.1) is 6.92 Å². The Labute approximate surface area is 97.0 Å². The second-order valence-corrected chi connectivity index (χ2v) is 3.61. The lowest BCUT2D eigenvalue weighted by Crippen LogP contribution is -2.37.